The van der Waals surface area contributed by atoms with Crippen molar-refractivity contribution in [1.82, 2.24) is 4.90 Å². The predicted molar refractivity (Wildman–Crippen MR) is 71.9 cm³/mol. The quantitative estimate of drug-likeness (QED) is 0.857. The van der Waals surface area contributed by atoms with E-state index in [2.05, 4.69) is 0 Å². The zero-order chi connectivity index (χ0) is 14.6. The van der Waals surface area contributed by atoms with E-state index in [0.717, 1.165) is 12.8 Å². The fraction of sp³-hybridized carbons (Fsp3) is 0.857. The van der Waals surface area contributed by atoms with Crippen LogP contribution in [0.5, 0.6) is 0 Å². The summed E-state index contributed by atoms with van der Waals surface area (Å²) in [6.45, 7) is 8.78. The Kier molecular flexibility index (Phi) is 5.20. The van der Waals surface area contributed by atoms with Crippen LogP contribution in [-0.4, -0.2) is 40.8 Å². The SMILES string of the molecule is C[C@H](CC(=O)O)[C@@H]1CCCN(C(=O)OC(C)(C)C)C1. The zero-order valence-electron chi connectivity index (χ0n) is 12.3. The van der Waals surface area contributed by atoms with Crippen LogP contribution in [0.25, 0.3) is 0 Å². The van der Waals surface area contributed by atoms with Gasteiger partial charge in [0, 0.05) is 19.5 Å². The van der Waals surface area contributed by atoms with Crippen LogP contribution >= 0.6 is 0 Å². The standard InChI is InChI=1S/C14H25NO4/c1-10(8-12(16)17)11-6-5-7-15(9-11)13(18)19-14(2,3)4/h10-11H,5-9H2,1-4H3,(H,16,17)/t10-,11-/m1/s1. The molecule has 2 atom stereocenters. The highest BCUT2D eigenvalue weighted by molar-refractivity contribution is 5.68. The van der Waals surface area contributed by atoms with Crippen LogP contribution < -0.4 is 0 Å². The van der Waals surface area contributed by atoms with E-state index in [1.54, 1.807) is 4.90 Å². The van der Waals surface area contributed by atoms with Gasteiger partial charge in [-0.05, 0) is 45.4 Å². The predicted octanol–water partition coefficient (Wildman–Crippen LogP) is 2.74. The Morgan fingerprint density at radius 1 is 1.42 bits per heavy atom. The number of hydrogen-bond acceptors (Lipinski definition) is 3. The lowest BCUT2D eigenvalue weighted by atomic mass is 9.85. The summed E-state index contributed by atoms with van der Waals surface area (Å²) in [6.07, 6.45) is 1.76. The normalized spacial score (nSPS) is 21.9. The molecule has 5 nitrogen and oxygen atoms in total. The molecule has 1 aliphatic rings. The fourth-order valence-corrected chi connectivity index (χ4v) is 2.41. The van der Waals surface area contributed by atoms with Gasteiger partial charge in [0.15, 0.2) is 0 Å². The number of piperidine rings is 1. The molecule has 5 heteroatoms. The van der Waals surface area contributed by atoms with Crippen molar-refractivity contribution in [3.05, 3.63) is 0 Å². The van der Waals surface area contributed by atoms with Crippen molar-refractivity contribution >= 4 is 12.1 Å². The molecule has 1 N–H and O–H groups in total. The molecule has 0 aromatic carbocycles. The number of nitrogens with zero attached hydrogens (tertiary/aromatic N) is 1. The lowest BCUT2D eigenvalue weighted by Gasteiger charge is -2.36. The molecule has 1 amide bonds. The summed E-state index contributed by atoms with van der Waals surface area (Å²) in [7, 11) is 0. The van der Waals surface area contributed by atoms with Gasteiger partial charge in [-0.15, -0.1) is 0 Å². The highest BCUT2D eigenvalue weighted by atomic mass is 16.6. The number of carbonyl (C=O) groups is 2. The second kappa shape index (κ2) is 6.26. The zero-order valence-corrected chi connectivity index (χ0v) is 12.3. The molecule has 1 saturated heterocycles. The third kappa shape index (κ3) is 5.49. The molecule has 0 aliphatic carbocycles. The number of amides is 1. The van der Waals surface area contributed by atoms with E-state index in [1.807, 2.05) is 27.7 Å². The summed E-state index contributed by atoms with van der Waals surface area (Å²) in [5.74, 6) is -0.443. The van der Waals surface area contributed by atoms with Crippen LogP contribution in [0.1, 0.15) is 47.0 Å². The summed E-state index contributed by atoms with van der Waals surface area (Å²) in [6, 6.07) is 0. The maximum atomic E-state index is 12.0. The number of ether oxygens (including phenoxy) is 1. The molecule has 19 heavy (non-hydrogen) atoms. The van der Waals surface area contributed by atoms with Gasteiger partial charge in [0.1, 0.15) is 5.60 Å². The molecule has 0 spiro atoms. The van der Waals surface area contributed by atoms with Gasteiger partial charge in [-0.1, -0.05) is 6.92 Å². The van der Waals surface area contributed by atoms with Gasteiger partial charge in [-0.25, -0.2) is 4.79 Å². The van der Waals surface area contributed by atoms with Crippen molar-refractivity contribution in [1.29, 1.82) is 0 Å². The minimum absolute atomic E-state index is 0.0859. The topological polar surface area (TPSA) is 66.8 Å². The van der Waals surface area contributed by atoms with E-state index in [-0.39, 0.29) is 24.3 Å². The van der Waals surface area contributed by atoms with Gasteiger partial charge in [0.2, 0.25) is 0 Å². The fourth-order valence-electron chi connectivity index (χ4n) is 2.41. The molecule has 0 saturated carbocycles. The molecule has 1 fully saturated rings. The number of carboxylic acid groups (broad SMARTS) is 1. The largest absolute Gasteiger partial charge is 0.481 e. The highest BCUT2D eigenvalue weighted by Crippen LogP contribution is 2.27. The Balaban J connectivity index is 2.54. The lowest BCUT2D eigenvalue weighted by Crippen LogP contribution is -2.44. The molecule has 0 bridgehead atoms. The summed E-state index contributed by atoms with van der Waals surface area (Å²) >= 11 is 0. The van der Waals surface area contributed by atoms with E-state index >= 15 is 0 Å². The first-order chi connectivity index (χ1) is 8.69. The first-order valence-electron chi connectivity index (χ1n) is 6.89. The third-order valence-corrected chi connectivity index (χ3v) is 3.41. The molecule has 0 radical (unpaired) electrons. The Labute approximate surface area is 114 Å². The Morgan fingerprint density at radius 3 is 2.58 bits per heavy atom. The number of carboxylic acids is 1. The highest BCUT2D eigenvalue weighted by Gasteiger charge is 2.30. The van der Waals surface area contributed by atoms with Gasteiger partial charge in [0.05, 0.1) is 0 Å². The van der Waals surface area contributed by atoms with E-state index in [1.165, 1.54) is 0 Å². The summed E-state index contributed by atoms with van der Waals surface area (Å²) in [5.41, 5.74) is -0.489. The molecule has 1 rings (SSSR count). The molecule has 1 heterocycles. The summed E-state index contributed by atoms with van der Waals surface area (Å²) in [5, 5.41) is 8.84. The second-order valence-electron chi connectivity index (χ2n) is 6.40. The van der Waals surface area contributed by atoms with Crippen LogP contribution in [0.15, 0.2) is 0 Å². The first-order valence-corrected chi connectivity index (χ1v) is 6.89. The summed E-state index contributed by atoms with van der Waals surface area (Å²) in [4.78, 5) is 24.4. The van der Waals surface area contributed by atoms with Crippen LogP contribution in [0.2, 0.25) is 0 Å². The molecular formula is C14H25NO4. The van der Waals surface area contributed by atoms with E-state index < -0.39 is 11.6 Å². The van der Waals surface area contributed by atoms with Crippen molar-refractivity contribution in [3.63, 3.8) is 0 Å². The van der Waals surface area contributed by atoms with Crippen molar-refractivity contribution in [3.8, 4) is 0 Å². The Bertz CT molecular complexity index is 335. The van der Waals surface area contributed by atoms with Crippen LogP contribution in [0, 0.1) is 11.8 Å². The number of likely N-dealkylation sites (tertiary alicyclic amines) is 1. The van der Waals surface area contributed by atoms with Gasteiger partial charge >= 0.3 is 12.1 Å². The van der Waals surface area contributed by atoms with Gasteiger partial charge in [-0.3, -0.25) is 4.79 Å². The molecule has 0 aromatic heterocycles. The maximum Gasteiger partial charge on any atom is 0.410 e. The Hall–Kier alpha value is -1.26. The van der Waals surface area contributed by atoms with Crippen LogP contribution in [-0.2, 0) is 9.53 Å². The van der Waals surface area contributed by atoms with Crippen LogP contribution in [0.3, 0.4) is 0 Å². The molecular weight excluding hydrogens is 246 g/mol. The summed E-state index contributed by atoms with van der Waals surface area (Å²) < 4.78 is 5.36. The number of hydrogen-bond donors (Lipinski definition) is 1. The Morgan fingerprint density at radius 2 is 2.05 bits per heavy atom. The van der Waals surface area contributed by atoms with Crippen LogP contribution in [0.4, 0.5) is 4.79 Å². The average molecular weight is 271 g/mol. The molecule has 110 valence electrons. The van der Waals surface area contributed by atoms with Crippen molar-refractivity contribution in [2.24, 2.45) is 11.8 Å². The van der Waals surface area contributed by atoms with E-state index in [9.17, 15) is 9.59 Å². The second-order valence-corrected chi connectivity index (χ2v) is 6.40. The van der Waals surface area contributed by atoms with E-state index in [4.69, 9.17) is 9.84 Å². The smallest absolute Gasteiger partial charge is 0.410 e. The molecule has 1 aliphatic heterocycles. The molecule has 0 unspecified atom stereocenters. The minimum Gasteiger partial charge on any atom is -0.481 e. The monoisotopic (exact) mass is 271 g/mol. The van der Waals surface area contributed by atoms with Gasteiger partial charge in [0.25, 0.3) is 0 Å². The number of carbonyl (C=O) groups excluding carboxylic acids is 1. The molecule has 0 aromatic rings. The van der Waals surface area contributed by atoms with Crippen molar-refractivity contribution in [2.45, 2.75) is 52.6 Å². The lowest BCUT2D eigenvalue weighted by molar-refractivity contribution is -0.138. The van der Waals surface area contributed by atoms with Gasteiger partial charge < -0.3 is 14.7 Å². The minimum atomic E-state index is -0.776. The third-order valence-electron chi connectivity index (χ3n) is 3.41. The van der Waals surface area contributed by atoms with Gasteiger partial charge in [-0.2, -0.15) is 0 Å². The first kappa shape index (κ1) is 15.8. The maximum absolute atomic E-state index is 12.0. The van der Waals surface area contributed by atoms with Crippen molar-refractivity contribution in [2.75, 3.05) is 13.1 Å². The van der Waals surface area contributed by atoms with E-state index in [0.29, 0.717) is 13.1 Å². The number of aliphatic carboxylic acids is 1. The average Bonchev–Trinajstić information content (AvgIpc) is 2.26. The number of rotatable bonds is 3. The van der Waals surface area contributed by atoms with Crippen molar-refractivity contribution < 1.29 is 19.4 Å².